The molecule has 1 aliphatic heterocycles. The minimum Gasteiger partial charge on any atom is -0.396 e. The zero-order chi connectivity index (χ0) is 17.4. The number of hydrogen-bond donors (Lipinski definition) is 2. The Morgan fingerprint density at radius 3 is 2.65 bits per heavy atom. The van der Waals surface area contributed by atoms with E-state index < -0.39 is 11.8 Å². The summed E-state index contributed by atoms with van der Waals surface area (Å²) in [5.41, 5.74) is 1.26. The van der Waals surface area contributed by atoms with Gasteiger partial charge in [-0.2, -0.15) is 0 Å². The molecule has 0 spiro atoms. The van der Waals surface area contributed by atoms with Crippen molar-refractivity contribution < 1.29 is 14.7 Å². The third kappa shape index (κ3) is 3.35. The van der Waals surface area contributed by atoms with Gasteiger partial charge in [0.15, 0.2) is 0 Å². The summed E-state index contributed by atoms with van der Waals surface area (Å²) in [6.07, 6.45) is 0. The Morgan fingerprint density at radius 2 is 2.04 bits per heavy atom. The molecule has 0 bridgehead atoms. The molecule has 0 saturated carbocycles. The Morgan fingerprint density at radius 1 is 1.39 bits per heavy atom. The molecule has 1 aromatic rings. The fourth-order valence-electron chi connectivity index (χ4n) is 2.84. The van der Waals surface area contributed by atoms with E-state index in [0.717, 1.165) is 5.56 Å². The van der Waals surface area contributed by atoms with Crippen molar-refractivity contribution in [2.45, 2.75) is 39.2 Å². The van der Waals surface area contributed by atoms with Crippen LogP contribution >= 0.6 is 11.6 Å². The SMILES string of the molecule is CC(CO)C(C)NC(=O)C(=O)N1CC(C)(C)c2c(Cl)cccc21. The highest BCUT2D eigenvalue weighted by Gasteiger charge is 2.41. The molecule has 2 amide bonds. The summed E-state index contributed by atoms with van der Waals surface area (Å²) in [6, 6.07) is 5.09. The van der Waals surface area contributed by atoms with Crippen LogP contribution < -0.4 is 10.2 Å². The fraction of sp³-hybridized carbons (Fsp3) is 0.529. The molecule has 0 radical (unpaired) electrons. The van der Waals surface area contributed by atoms with Crippen LogP contribution in [0.5, 0.6) is 0 Å². The lowest BCUT2D eigenvalue weighted by atomic mass is 9.87. The Balaban J connectivity index is 2.22. The van der Waals surface area contributed by atoms with E-state index in [-0.39, 0.29) is 24.0 Å². The third-order valence-corrected chi connectivity index (χ3v) is 4.77. The number of aliphatic hydroxyl groups excluding tert-OH is 1. The average molecular weight is 339 g/mol. The monoisotopic (exact) mass is 338 g/mol. The van der Waals surface area contributed by atoms with Crippen LogP contribution in [0, 0.1) is 5.92 Å². The normalized spacial score (nSPS) is 18.3. The number of rotatable bonds is 3. The van der Waals surface area contributed by atoms with E-state index in [1.54, 1.807) is 25.1 Å². The van der Waals surface area contributed by atoms with Gasteiger partial charge in [0.1, 0.15) is 0 Å². The first kappa shape index (κ1) is 17.8. The van der Waals surface area contributed by atoms with E-state index in [2.05, 4.69) is 5.32 Å². The minimum absolute atomic E-state index is 0.0508. The average Bonchev–Trinajstić information content (AvgIpc) is 2.78. The smallest absolute Gasteiger partial charge is 0.316 e. The Kier molecular flexibility index (Phi) is 5.01. The van der Waals surface area contributed by atoms with E-state index >= 15 is 0 Å². The van der Waals surface area contributed by atoms with Crippen LogP contribution in [0.3, 0.4) is 0 Å². The highest BCUT2D eigenvalue weighted by molar-refractivity contribution is 6.41. The number of nitrogens with zero attached hydrogens (tertiary/aromatic N) is 1. The van der Waals surface area contributed by atoms with Crippen molar-refractivity contribution in [1.29, 1.82) is 0 Å². The molecule has 0 fully saturated rings. The molecular formula is C17H23ClN2O3. The van der Waals surface area contributed by atoms with Crippen molar-refractivity contribution >= 4 is 29.1 Å². The zero-order valence-corrected chi connectivity index (χ0v) is 14.6. The molecule has 1 aromatic carbocycles. The summed E-state index contributed by atoms with van der Waals surface area (Å²) in [7, 11) is 0. The van der Waals surface area contributed by atoms with E-state index in [1.165, 1.54) is 4.90 Å². The number of nitrogens with one attached hydrogen (secondary N) is 1. The van der Waals surface area contributed by atoms with Crippen LogP contribution in [-0.2, 0) is 15.0 Å². The second-order valence-corrected chi connectivity index (χ2v) is 7.24. The number of amides is 2. The van der Waals surface area contributed by atoms with Crippen molar-refractivity contribution in [3.8, 4) is 0 Å². The molecule has 0 saturated heterocycles. The summed E-state index contributed by atoms with van der Waals surface area (Å²) < 4.78 is 0. The van der Waals surface area contributed by atoms with Gasteiger partial charge in [0.25, 0.3) is 0 Å². The van der Waals surface area contributed by atoms with E-state index in [4.69, 9.17) is 16.7 Å². The number of carbonyl (C=O) groups is 2. The quantitative estimate of drug-likeness (QED) is 0.829. The van der Waals surface area contributed by atoms with Crippen LogP contribution in [0.25, 0.3) is 0 Å². The molecule has 2 N–H and O–H groups in total. The zero-order valence-electron chi connectivity index (χ0n) is 13.9. The lowest BCUT2D eigenvalue weighted by Crippen LogP contribution is -2.48. The van der Waals surface area contributed by atoms with Gasteiger partial charge < -0.3 is 15.3 Å². The summed E-state index contributed by atoms with van der Waals surface area (Å²) in [6.45, 7) is 7.93. The highest BCUT2D eigenvalue weighted by atomic mass is 35.5. The number of hydrogen-bond acceptors (Lipinski definition) is 3. The molecule has 23 heavy (non-hydrogen) atoms. The van der Waals surface area contributed by atoms with Crippen LogP contribution in [0.1, 0.15) is 33.3 Å². The van der Waals surface area contributed by atoms with Crippen LogP contribution in [0.2, 0.25) is 5.02 Å². The van der Waals surface area contributed by atoms with E-state index in [9.17, 15) is 9.59 Å². The van der Waals surface area contributed by atoms with Gasteiger partial charge in [-0.05, 0) is 25.0 Å². The number of benzene rings is 1. The molecule has 5 nitrogen and oxygen atoms in total. The maximum atomic E-state index is 12.6. The number of carbonyl (C=O) groups excluding carboxylic acids is 2. The lowest BCUT2D eigenvalue weighted by molar-refractivity contribution is -0.138. The molecule has 2 atom stereocenters. The first-order valence-corrected chi connectivity index (χ1v) is 8.09. The molecule has 6 heteroatoms. The summed E-state index contributed by atoms with van der Waals surface area (Å²) in [5, 5.41) is 12.4. The Hall–Kier alpha value is -1.59. The molecule has 0 aromatic heterocycles. The predicted octanol–water partition coefficient (Wildman–Crippen LogP) is 2.10. The molecule has 1 heterocycles. The second-order valence-electron chi connectivity index (χ2n) is 6.83. The maximum Gasteiger partial charge on any atom is 0.316 e. The van der Waals surface area contributed by atoms with E-state index in [0.29, 0.717) is 17.3 Å². The standard InChI is InChI=1S/C17H23ClN2O3/c1-10(8-21)11(2)19-15(22)16(23)20-9-17(3,4)14-12(18)6-5-7-13(14)20/h5-7,10-11,21H,8-9H2,1-4H3,(H,19,22). The van der Waals surface area contributed by atoms with E-state index in [1.807, 2.05) is 20.8 Å². The van der Waals surface area contributed by atoms with Crippen molar-refractivity contribution in [3.05, 3.63) is 28.8 Å². The molecular weight excluding hydrogens is 316 g/mol. The summed E-state index contributed by atoms with van der Waals surface area (Å²) in [4.78, 5) is 26.3. The van der Waals surface area contributed by atoms with Gasteiger partial charge >= 0.3 is 11.8 Å². The Bertz CT molecular complexity index is 630. The maximum absolute atomic E-state index is 12.6. The number of anilines is 1. The Labute approximate surface area is 141 Å². The topological polar surface area (TPSA) is 69.6 Å². The number of fused-ring (bicyclic) bond motifs is 1. The van der Waals surface area contributed by atoms with Crippen molar-refractivity contribution in [1.82, 2.24) is 5.32 Å². The first-order chi connectivity index (χ1) is 10.7. The lowest BCUT2D eigenvalue weighted by Gasteiger charge is -2.23. The van der Waals surface area contributed by atoms with Gasteiger partial charge in [-0.25, -0.2) is 0 Å². The van der Waals surface area contributed by atoms with Gasteiger partial charge in [0.05, 0.1) is 0 Å². The van der Waals surface area contributed by atoms with Crippen LogP contribution in [0.15, 0.2) is 18.2 Å². The number of halogens is 1. The van der Waals surface area contributed by atoms with Crippen molar-refractivity contribution in [2.24, 2.45) is 5.92 Å². The molecule has 1 aliphatic rings. The second kappa shape index (κ2) is 6.49. The van der Waals surface area contributed by atoms with Gasteiger partial charge in [0, 0.05) is 40.9 Å². The third-order valence-electron chi connectivity index (χ3n) is 4.45. The van der Waals surface area contributed by atoms with Gasteiger partial charge in [-0.15, -0.1) is 0 Å². The predicted molar refractivity (Wildman–Crippen MR) is 90.7 cm³/mol. The van der Waals surface area contributed by atoms with Crippen molar-refractivity contribution in [3.63, 3.8) is 0 Å². The minimum atomic E-state index is -0.665. The van der Waals surface area contributed by atoms with Crippen LogP contribution in [0.4, 0.5) is 5.69 Å². The molecule has 2 rings (SSSR count). The van der Waals surface area contributed by atoms with Crippen LogP contribution in [-0.4, -0.2) is 36.1 Å². The molecule has 126 valence electrons. The van der Waals surface area contributed by atoms with Gasteiger partial charge in [-0.3, -0.25) is 9.59 Å². The largest absolute Gasteiger partial charge is 0.396 e. The highest BCUT2D eigenvalue weighted by Crippen LogP contribution is 2.44. The molecule has 0 aliphatic carbocycles. The molecule has 2 unspecified atom stereocenters. The number of aliphatic hydroxyl groups is 1. The summed E-state index contributed by atoms with van der Waals surface area (Å²) in [5.74, 6) is -1.39. The summed E-state index contributed by atoms with van der Waals surface area (Å²) >= 11 is 6.28. The van der Waals surface area contributed by atoms with Gasteiger partial charge in [0.2, 0.25) is 0 Å². The van der Waals surface area contributed by atoms with Crippen molar-refractivity contribution in [2.75, 3.05) is 18.1 Å². The first-order valence-electron chi connectivity index (χ1n) is 7.71. The van der Waals surface area contributed by atoms with Gasteiger partial charge in [-0.1, -0.05) is 38.4 Å². The fourth-order valence-corrected chi connectivity index (χ4v) is 3.27.